The normalized spacial score (nSPS) is 18.4. The molecule has 168 valence electrons. The van der Waals surface area contributed by atoms with Gasteiger partial charge in [0.2, 0.25) is 5.95 Å². The average molecular weight is 437 g/mol. The van der Waals surface area contributed by atoms with Crippen LogP contribution in [-0.4, -0.2) is 46.2 Å². The van der Waals surface area contributed by atoms with Gasteiger partial charge in [-0.05, 0) is 43.9 Å². The van der Waals surface area contributed by atoms with Gasteiger partial charge < -0.3 is 20.6 Å². The third kappa shape index (κ3) is 4.88. The molecule has 0 atom stereocenters. The van der Waals surface area contributed by atoms with E-state index in [4.69, 9.17) is 9.97 Å². The highest BCUT2D eigenvalue weighted by atomic mass is 16.6. The Morgan fingerprint density at radius 1 is 1.09 bits per heavy atom. The first-order valence-electron chi connectivity index (χ1n) is 10.8. The van der Waals surface area contributed by atoms with Gasteiger partial charge in [-0.3, -0.25) is 10.1 Å². The van der Waals surface area contributed by atoms with Crippen LogP contribution in [-0.2, 0) is 6.54 Å². The van der Waals surface area contributed by atoms with E-state index in [2.05, 4.69) is 10.6 Å². The monoisotopic (exact) mass is 436 g/mol. The lowest BCUT2D eigenvalue weighted by Crippen LogP contribution is -2.37. The van der Waals surface area contributed by atoms with E-state index < -0.39 is 4.92 Å². The van der Waals surface area contributed by atoms with Gasteiger partial charge in [-0.25, -0.2) is 4.98 Å². The molecule has 4 rings (SSSR count). The lowest BCUT2D eigenvalue weighted by Gasteiger charge is -2.30. The van der Waals surface area contributed by atoms with Crippen molar-refractivity contribution in [3.8, 4) is 5.75 Å². The number of phenolic OH excluding ortho intramolecular Hbond substituents is 1. The molecule has 32 heavy (non-hydrogen) atoms. The maximum atomic E-state index is 11.0. The number of rotatable bonds is 7. The van der Waals surface area contributed by atoms with Crippen LogP contribution < -0.4 is 15.5 Å². The number of nitro benzene ring substituents is 1. The fourth-order valence-electron chi connectivity index (χ4n) is 4.17. The number of nitro groups is 1. The number of nitrogens with one attached hydrogen (secondary N) is 2. The molecule has 2 aromatic carbocycles. The SMILES string of the molecule is CN(C)c1nc(NC2CCC(NCc3cc([N+](=O)[O-])ccc3O)CC2)nc2ccccc12. The number of nitrogens with zero attached hydrogens (tertiary/aromatic N) is 4. The molecule has 1 heterocycles. The standard InChI is InChI=1S/C23H28N6O3/c1-28(2)22-19-5-3-4-6-20(19)26-23(27-22)25-17-9-7-16(8-10-17)24-14-15-13-18(29(31)32)11-12-21(15)30/h3-6,11-13,16-17,24,30H,7-10,14H2,1-2H3,(H,25,26,27). The zero-order valence-corrected chi connectivity index (χ0v) is 18.3. The summed E-state index contributed by atoms with van der Waals surface area (Å²) in [6.45, 7) is 0.399. The van der Waals surface area contributed by atoms with Crippen molar-refractivity contribution in [2.45, 2.75) is 44.3 Å². The average Bonchev–Trinajstić information content (AvgIpc) is 2.78. The number of non-ortho nitro benzene ring substituents is 1. The fourth-order valence-corrected chi connectivity index (χ4v) is 4.17. The fraction of sp³-hybridized carbons (Fsp3) is 0.391. The Bertz CT molecular complexity index is 1110. The Morgan fingerprint density at radius 2 is 1.81 bits per heavy atom. The van der Waals surface area contributed by atoms with Gasteiger partial charge >= 0.3 is 0 Å². The van der Waals surface area contributed by atoms with Crippen LogP contribution in [0, 0.1) is 10.1 Å². The Balaban J connectivity index is 1.35. The second-order valence-corrected chi connectivity index (χ2v) is 8.43. The summed E-state index contributed by atoms with van der Waals surface area (Å²) in [5, 5.41) is 28.9. The van der Waals surface area contributed by atoms with E-state index in [0.29, 0.717) is 24.1 Å². The van der Waals surface area contributed by atoms with E-state index in [1.165, 1.54) is 18.2 Å². The van der Waals surface area contributed by atoms with Crippen LogP contribution >= 0.6 is 0 Å². The number of hydrogen-bond acceptors (Lipinski definition) is 8. The van der Waals surface area contributed by atoms with Gasteiger partial charge in [-0.1, -0.05) is 12.1 Å². The zero-order chi connectivity index (χ0) is 22.7. The molecule has 0 aliphatic heterocycles. The molecule has 1 aliphatic rings. The van der Waals surface area contributed by atoms with Crippen LogP contribution in [0.2, 0.25) is 0 Å². The molecule has 0 radical (unpaired) electrons. The molecule has 1 saturated carbocycles. The van der Waals surface area contributed by atoms with Gasteiger partial charge in [0.05, 0.1) is 10.4 Å². The second-order valence-electron chi connectivity index (χ2n) is 8.43. The van der Waals surface area contributed by atoms with Crippen molar-refractivity contribution in [3.05, 3.63) is 58.1 Å². The molecule has 0 amide bonds. The van der Waals surface area contributed by atoms with Crippen LogP contribution in [0.4, 0.5) is 17.5 Å². The number of aromatic hydroxyl groups is 1. The maximum absolute atomic E-state index is 11.0. The zero-order valence-electron chi connectivity index (χ0n) is 18.3. The van der Waals surface area contributed by atoms with E-state index in [9.17, 15) is 15.2 Å². The van der Waals surface area contributed by atoms with E-state index in [1.807, 2.05) is 43.3 Å². The minimum atomic E-state index is -0.448. The molecule has 0 spiro atoms. The van der Waals surface area contributed by atoms with Crippen molar-refractivity contribution in [2.24, 2.45) is 0 Å². The molecular weight excluding hydrogens is 408 g/mol. The van der Waals surface area contributed by atoms with Crippen molar-refractivity contribution in [1.82, 2.24) is 15.3 Å². The van der Waals surface area contributed by atoms with Crippen LogP contribution in [0.25, 0.3) is 10.9 Å². The number of hydrogen-bond donors (Lipinski definition) is 3. The van der Waals surface area contributed by atoms with Crippen molar-refractivity contribution in [2.75, 3.05) is 24.3 Å². The third-order valence-corrected chi connectivity index (χ3v) is 5.92. The first-order chi connectivity index (χ1) is 15.4. The highest BCUT2D eigenvalue weighted by Crippen LogP contribution is 2.27. The first kappa shape index (κ1) is 21.8. The molecule has 1 aliphatic carbocycles. The summed E-state index contributed by atoms with van der Waals surface area (Å²) in [4.78, 5) is 21.9. The van der Waals surface area contributed by atoms with E-state index in [0.717, 1.165) is 42.4 Å². The first-order valence-corrected chi connectivity index (χ1v) is 10.8. The van der Waals surface area contributed by atoms with Crippen molar-refractivity contribution in [1.29, 1.82) is 0 Å². The Kier molecular flexibility index (Phi) is 6.36. The summed E-state index contributed by atoms with van der Waals surface area (Å²) < 4.78 is 0. The molecule has 0 unspecified atom stereocenters. The Hall–Kier alpha value is -3.46. The van der Waals surface area contributed by atoms with E-state index in [-0.39, 0.29) is 17.5 Å². The Labute approximate surface area is 186 Å². The molecule has 1 aromatic heterocycles. The topological polar surface area (TPSA) is 116 Å². The maximum Gasteiger partial charge on any atom is 0.270 e. The lowest BCUT2D eigenvalue weighted by atomic mass is 9.91. The molecular formula is C23H28N6O3. The minimum absolute atomic E-state index is 0.0139. The number of fused-ring (bicyclic) bond motifs is 1. The molecule has 9 nitrogen and oxygen atoms in total. The van der Waals surface area contributed by atoms with Crippen molar-refractivity contribution >= 4 is 28.4 Å². The molecule has 0 saturated heterocycles. The summed E-state index contributed by atoms with van der Waals surface area (Å²) >= 11 is 0. The summed E-state index contributed by atoms with van der Waals surface area (Å²) in [7, 11) is 3.96. The smallest absolute Gasteiger partial charge is 0.270 e. The van der Waals surface area contributed by atoms with Crippen molar-refractivity contribution < 1.29 is 10.0 Å². The number of phenols is 1. The van der Waals surface area contributed by atoms with Crippen LogP contribution in [0.3, 0.4) is 0 Å². The van der Waals surface area contributed by atoms with Gasteiger partial charge in [-0.2, -0.15) is 4.98 Å². The van der Waals surface area contributed by atoms with Gasteiger partial charge in [-0.15, -0.1) is 0 Å². The van der Waals surface area contributed by atoms with Gasteiger partial charge in [0.15, 0.2) is 0 Å². The molecule has 0 bridgehead atoms. The van der Waals surface area contributed by atoms with Crippen LogP contribution in [0.15, 0.2) is 42.5 Å². The molecule has 3 N–H and O–H groups in total. The lowest BCUT2D eigenvalue weighted by molar-refractivity contribution is -0.384. The largest absolute Gasteiger partial charge is 0.508 e. The highest BCUT2D eigenvalue weighted by Gasteiger charge is 2.22. The molecule has 3 aromatic rings. The number of aromatic nitrogens is 2. The quantitative estimate of drug-likeness (QED) is 0.378. The Morgan fingerprint density at radius 3 is 2.53 bits per heavy atom. The molecule has 9 heteroatoms. The van der Waals surface area contributed by atoms with Gasteiger partial charge in [0.25, 0.3) is 5.69 Å². The van der Waals surface area contributed by atoms with Crippen LogP contribution in [0.5, 0.6) is 5.75 Å². The second kappa shape index (κ2) is 9.35. The van der Waals surface area contributed by atoms with Gasteiger partial charge in [0, 0.05) is 55.8 Å². The van der Waals surface area contributed by atoms with Gasteiger partial charge in [0.1, 0.15) is 11.6 Å². The van der Waals surface area contributed by atoms with E-state index in [1.54, 1.807) is 0 Å². The predicted molar refractivity (Wildman–Crippen MR) is 125 cm³/mol. The summed E-state index contributed by atoms with van der Waals surface area (Å²) in [5.74, 6) is 1.61. The number of anilines is 2. The predicted octanol–water partition coefficient (Wildman–Crippen LogP) is 3.82. The number of para-hydroxylation sites is 1. The van der Waals surface area contributed by atoms with Crippen molar-refractivity contribution in [3.63, 3.8) is 0 Å². The number of benzene rings is 2. The summed E-state index contributed by atoms with van der Waals surface area (Å²) in [6.07, 6.45) is 3.85. The highest BCUT2D eigenvalue weighted by molar-refractivity contribution is 5.90. The third-order valence-electron chi connectivity index (χ3n) is 5.92. The van der Waals surface area contributed by atoms with E-state index >= 15 is 0 Å². The summed E-state index contributed by atoms with van der Waals surface area (Å²) in [5.41, 5.74) is 1.45. The molecule has 1 fully saturated rings. The summed E-state index contributed by atoms with van der Waals surface area (Å²) in [6, 6.07) is 12.7. The minimum Gasteiger partial charge on any atom is -0.508 e. The van der Waals surface area contributed by atoms with Crippen LogP contribution in [0.1, 0.15) is 31.2 Å².